The molecule has 130 valence electrons. The summed E-state index contributed by atoms with van der Waals surface area (Å²) in [5, 5.41) is 0. The largest absolute Gasteiger partial charge is 0.497 e. The average molecular weight is 349 g/mol. The highest BCUT2D eigenvalue weighted by Gasteiger charge is 2.24. The van der Waals surface area contributed by atoms with Crippen molar-refractivity contribution in [1.29, 1.82) is 0 Å². The van der Waals surface area contributed by atoms with E-state index in [4.69, 9.17) is 9.47 Å². The Kier molecular flexibility index (Phi) is 6.23. The summed E-state index contributed by atoms with van der Waals surface area (Å²) in [6, 6.07) is 13.9. The van der Waals surface area contributed by atoms with Gasteiger partial charge >= 0.3 is 0 Å². The van der Waals surface area contributed by atoms with Crippen molar-refractivity contribution >= 4 is 10.0 Å². The number of methoxy groups -OCH3 is 2. The molecule has 0 amide bonds. The van der Waals surface area contributed by atoms with Crippen LogP contribution < -0.4 is 14.2 Å². The molecule has 0 fully saturated rings. The molecule has 2 aromatic carbocycles. The highest BCUT2D eigenvalue weighted by Crippen LogP contribution is 2.30. The van der Waals surface area contributed by atoms with Gasteiger partial charge in [-0.3, -0.25) is 0 Å². The van der Waals surface area contributed by atoms with Crippen LogP contribution in [0, 0.1) is 0 Å². The van der Waals surface area contributed by atoms with E-state index >= 15 is 0 Å². The molecule has 0 radical (unpaired) electrons. The van der Waals surface area contributed by atoms with E-state index in [0.29, 0.717) is 12.2 Å². The maximum atomic E-state index is 12.8. The lowest BCUT2D eigenvalue weighted by atomic mass is 10.0. The molecule has 0 unspecified atom stereocenters. The van der Waals surface area contributed by atoms with Gasteiger partial charge in [-0.05, 0) is 24.1 Å². The van der Waals surface area contributed by atoms with Gasteiger partial charge < -0.3 is 9.47 Å². The monoisotopic (exact) mass is 349 g/mol. The van der Waals surface area contributed by atoms with Crippen LogP contribution >= 0.6 is 0 Å². The van der Waals surface area contributed by atoms with E-state index in [1.165, 1.54) is 20.3 Å². The molecule has 6 heteroatoms. The normalized spacial score (nSPS) is 12.6. The molecule has 0 aliphatic heterocycles. The number of hydrogen-bond acceptors (Lipinski definition) is 4. The zero-order chi connectivity index (χ0) is 17.6. The standard InChI is InChI=1S/C18H23NO4S/c1-4-8-16(14-9-6-5-7-10-14)19-24(20,21)18-12-11-15(22-2)13-17(18)23-3/h5-7,9-13,16,19H,4,8H2,1-3H3/t16-/m1/s1. The van der Waals surface area contributed by atoms with Crippen LogP contribution in [0.5, 0.6) is 11.5 Å². The van der Waals surface area contributed by atoms with Crippen LogP contribution in [-0.4, -0.2) is 22.6 Å². The zero-order valence-electron chi connectivity index (χ0n) is 14.2. The summed E-state index contributed by atoms with van der Waals surface area (Å²) in [5.74, 6) is 0.795. The Morgan fingerprint density at radius 3 is 2.33 bits per heavy atom. The SMILES string of the molecule is CCC[C@@H](NS(=O)(=O)c1ccc(OC)cc1OC)c1ccccc1. The van der Waals surface area contributed by atoms with E-state index in [2.05, 4.69) is 4.72 Å². The molecular formula is C18H23NO4S. The van der Waals surface area contributed by atoms with Crippen molar-refractivity contribution < 1.29 is 17.9 Å². The maximum Gasteiger partial charge on any atom is 0.244 e. The summed E-state index contributed by atoms with van der Waals surface area (Å²) in [6.45, 7) is 2.03. The Morgan fingerprint density at radius 1 is 1.04 bits per heavy atom. The minimum atomic E-state index is -3.73. The highest BCUT2D eigenvalue weighted by molar-refractivity contribution is 7.89. The summed E-state index contributed by atoms with van der Waals surface area (Å²) in [7, 11) is -0.767. The number of sulfonamides is 1. The van der Waals surface area contributed by atoms with E-state index < -0.39 is 10.0 Å². The molecule has 2 rings (SSSR count). The molecule has 2 aromatic rings. The smallest absolute Gasteiger partial charge is 0.244 e. The molecular weight excluding hydrogens is 326 g/mol. The molecule has 0 saturated heterocycles. The quantitative estimate of drug-likeness (QED) is 0.792. The van der Waals surface area contributed by atoms with Crippen LogP contribution in [0.3, 0.4) is 0 Å². The Bertz CT molecular complexity index is 760. The summed E-state index contributed by atoms with van der Waals surface area (Å²) < 4.78 is 38.8. The molecule has 24 heavy (non-hydrogen) atoms. The summed E-state index contributed by atoms with van der Waals surface area (Å²) in [5.41, 5.74) is 0.940. The van der Waals surface area contributed by atoms with Gasteiger partial charge in [-0.25, -0.2) is 13.1 Å². The van der Waals surface area contributed by atoms with Crippen LogP contribution in [0.2, 0.25) is 0 Å². The topological polar surface area (TPSA) is 64.6 Å². The fourth-order valence-corrected chi connectivity index (χ4v) is 3.93. The summed E-state index contributed by atoms with van der Waals surface area (Å²) in [4.78, 5) is 0.0998. The van der Waals surface area contributed by atoms with E-state index in [-0.39, 0.29) is 16.7 Å². The average Bonchev–Trinajstić information content (AvgIpc) is 2.61. The lowest BCUT2D eigenvalue weighted by Gasteiger charge is -2.20. The number of nitrogens with one attached hydrogen (secondary N) is 1. The van der Waals surface area contributed by atoms with Crippen LogP contribution in [0.25, 0.3) is 0 Å². The van der Waals surface area contributed by atoms with E-state index in [1.807, 2.05) is 37.3 Å². The first-order valence-electron chi connectivity index (χ1n) is 7.81. The van der Waals surface area contributed by atoms with Gasteiger partial charge in [-0.15, -0.1) is 0 Å². The van der Waals surface area contributed by atoms with Gasteiger partial charge in [0.25, 0.3) is 0 Å². The first kappa shape index (κ1) is 18.3. The molecule has 5 nitrogen and oxygen atoms in total. The van der Waals surface area contributed by atoms with Crippen LogP contribution in [-0.2, 0) is 10.0 Å². The van der Waals surface area contributed by atoms with Crippen molar-refractivity contribution in [2.45, 2.75) is 30.7 Å². The second-order valence-corrected chi connectivity index (χ2v) is 7.07. The van der Waals surface area contributed by atoms with E-state index in [0.717, 1.165) is 12.0 Å². The van der Waals surface area contributed by atoms with E-state index in [1.54, 1.807) is 12.1 Å². The van der Waals surface area contributed by atoms with Gasteiger partial charge in [0, 0.05) is 12.1 Å². The van der Waals surface area contributed by atoms with Crippen molar-refractivity contribution in [3.8, 4) is 11.5 Å². The number of benzene rings is 2. The molecule has 0 aliphatic carbocycles. The number of rotatable bonds is 8. The van der Waals surface area contributed by atoms with E-state index in [9.17, 15) is 8.42 Å². The van der Waals surface area contributed by atoms with Crippen LogP contribution in [0.4, 0.5) is 0 Å². The van der Waals surface area contributed by atoms with Gasteiger partial charge in [-0.1, -0.05) is 43.7 Å². The molecule has 0 aromatic heterocycles. The van der Waals surface area contributed by atoms with Crippen molar-refractivity contribution in [3.63, 3.8) is 0 Å². The molecule has 0 bridgehead atoms. The molecule has 0 saturated carbocycles. The van der Waals surface area contributed by atoms with Crippen LogP contribution in [0.1, 0.15) is 31.4 Å². The van der Waals surface area contributed by atoms with Gasteiger partial charge in [0.15, 0.2) is 0 Å². The van der Waals surface area contributed by atoms with Crippen molar-refractivity contribution in [3.05, 3.63) is 54.1 Å². The van der Waals surface area contributed by atoms with Crippen molar-refractivity contribution in [2.75, 3.05) is 14.2 Å². The van der Waals surface area contributed by atoms with Gasteiger partial charge in [0.05, 0.1) is 14.2 Å². The van der Waals surface area contributed by atoms with Gasteiger partial charge in [0.1, 0.15) is 16.4 Å². The molecule has 0 aliphatic rings. The first-order valence-corrected chi connectivity index (χ1v) is 9.29. The highest BCUT2D eigenvalue weighted by atomic mass is 32.2. The maximum absolute atomic E-state index is 12.8. The predicted octanol–water partition coefficient (Wildman–Crippen LogP) is 3.52. The second kappa shape index (κ2) is 8.17. The molecule has 0 spiro atoms. The predicted molar refractivity (Wildman–Crippen MR) is 94.0 cm³/mol. The molecule has 0 heterocycles. The Hall–Kier alpha value is -2.05. The van der Waals surface area contributed by atoms with Crippen molar-refractivity contribution in [2.24, 2.45) is 0 Å². The third-order valence-electron chi connectivity index (χ3n) is 3.74. The summed E-state index contributed by atoms with van der Waals surface area (Å²) >= 11 is 0. The van der Waals surface area contributed by atoms with Gasteiger partial charge in [-0.2, -0.15) is 0 Å². The Morgan fingerprint density at radius 2 is 1.75 bits per heavy atom. The Labute approximate surface area is 143 Å². The zero-order valence-corrected chi connectivity index (χ0v) is 15.0. The van der Waals surface area contributed by atoms with Crippen molar-refractivity contribution in [1.82, 2.24) is 4.72 Å². The minimum Gasteiger partial charge on any atom is -0.497 e. The fraction of sp³-hybridized carbons (Fsp3) is 0.333. The Balaban J connectivity index is 2.35. The number of ether oxygens (including phenoxy) is 2. The third-order valence-corrected chi connectivity index (χ3v) is 5.25. The molecule has 1 atom stereocenters. The fourth-order valence-electron chi connectivity index (χ4n) is 2.52. The third kappa shape index (κ3) is 4.27. The van der Waals surface area contributed by atoms with Crippen LogP contribution in [0.15, 0.2) is 53.4 Å². The minimum absolute atomic E-state index is 0.0998. The summed E-state index contributed by atoms with van der Waals surface area (Å²) in [6.07, 6.45) is 1.57. The first-order chi connectivity index (χ1) is 11.5. The van der Waals surface area contributed by atoms with Gasteiger partial charge in [0.2, 0.25) is 10.0 Å². The molecule has 1 N–H and O–H groups in total. The second-order valence-electron chi connectivity index (χ2n) is 5.39. The number of hydrogen-bond donors (Lipinski definition) is 1. The lowest BCUT2D eigenvalue weighted by Crippen LogP contribution is -2.29. The lowest BCUT2D eigenvalue weighted by molar-refractivity contribution is 0.385.